The van der Waals surface area contributed by atoms with E-state index in [9.17, 15) is 4.79 Å². The number of nitrogens with one attached hydrogen (secondary N) is 1. The predicted octanol–water partition coefficient (Wildman–Crippen LogP) is 2.15. The summed E-state index contributed by atoms with van der Waals surface area (Å²) in [6.45, 7) is 3.41. The Kier molecular flexibility index (Phi) is 3.48. The van der Waals surface area contributed by atoms with E-state index in [-0.39, 0.29) is 12.0 Å². The highest BCUT2D eigenvalue weighted by molar-refractivity contribution is 6.33. The third-order valence-electron chi connectivity index (χ3n) is 3.85. The number of carboxylic acid groups (broad SMARTS) is 1. The van der Waals surface area contributed by atoms with Crippen molar-refractivity contribution < 1.29 is 19.4 Å². The number of hydrogen-bond acceptors (Lipinski definition) is 4. The number of ether oxygens (including phenoxy) is 2. The van der Waals surface area contributed by atoms with Gasteiger partial charge in [0.1, 0.15) is 13.2 Å². The van der Waals surface area contributed by atoms with Crippen LogP contribution in [0.15, 0.2) is 6.07 Å². The van der Waals surface area contributed by atoms with Crippen LogP contribution in [-0.2, 0) is 4.79 Å². The van der Waals surface area contributed by atoms with Gasteiger partial charge in [0.15, 0.2) is 11.5 Å². The monoisotopic (exact) mass is 297 g/mol. The Balaban J connectivity index is 1.96. The summed E-state index contributed by atoms with van der Waals surface area (Å²) in [6.07, 6.45) is 0.537. The van der Waals surface area contributed by atoms with Gasteiger partial charge in [0, 0.05) is 12.6 Å². The van der Waals surface area contributed by atoms with Gasteiger partial charge in [-0.05, 0) is 30.5 Å². The summed E-state index contributed by atoms with van der Waals surface area (Å²) in [5.41, 5.74) is 1.91. The molecule has 1 aromatic carbocycles. The van der Waals surface area contributed by atoms with Gasteiger partial charge in [-0.2, -0.15) is 0 Å². The van der Waals surface area contributed by atoms with Crippen molar-refractivity contribution >= 4 is 17.6 Å². The van der Waals surface area contributed by atoms with Gasteiger partial charge in [-0.25, -0.2) is 0 Å². The summed E-state index contributed by atoms with van der Waals surface area (Å²) in [7, 11) is 0. The highest BCUT2D eigenvalue weighted by atomic mass is 35.5. The van der Waals surface area contributed by atoms with E-state index in [2.05, 4.69) is 5.32 Å². The number of benzene rings is 1. The van der Waals surface area contributed by atoms with E-state index in [0.29, 0.717) is 42.7 Å². The van der Waals surface area contributed by atoms with Crippen LogP contribution < -0.4 is 14.8 Å². The minimum absolute atomic E-state index is 0.0561. The Morgan fingerprint density at radius 2 is 2.20 bits per heavy atom. The molecule has 0 aliphatic carbocycles. The summed E-state index contributed by atoms with van der Waals surface area (Å²) < 4.78 is 11.1. The second-order valence-electron chi connectivity index (χ2n) is 5.18. The fourth-order valence-corrected chi connectivity index (χ4v) is 3.28. The summed E-state index contributed by atoms with van der Waals surface area (Å²) in [4.78, 5) is 11.1. The molecule has 2 unspecified atom stereocenters. The van der Waals surface area contributed by atoms with E-state index in [1.807, 2.05) is 13.0 Å². The van der Waals surface area contributed by atoms with Gasteiger partial charge in [0.05, 0.1) is 10.9 Å². The zero-order valence-electron chi connectivity index (χ0n) is 11.1. The molecule has 2 aliphatic rings. The number of aryl methyl sites for hydroxylation is 1. The Labute approximate surface area is 121 Å². The molecule has 1 aromatic rings. The highest BCUT2D eigenvalue weighted by Gasteiger charge is 2.33. The fraction of sp³-hybridized carbons (Fsp3) is 0.500. The topological polar surface area (TPSA) is 67.8 Å². The lowest BCUT2D eigenvalue weighted by atomic mass is 9.96. The minimum atomic E-state index is -0.772. The van der Waals surface area contributed by atoms with E-state index < -0.39 is 5.97 Å². The van der Waals surface area contributed by atoms with E-state index in [1.54, 1.807) is 0 Å². The Bertz CT molecular complexity index is 561. The van der Waals surface area contributed by atoms with Gasteiger partial charge in [0.25, 0.3) is 0 Å². The molecule has 3 rings (SSSR count). The van der Waals surface area contributed by atoms with Gasteiger partial charge < -0.3 is 19.9 Å². The van der Waals surface area contributed by atoms with Gasteiger partial charge in [-0.15, -0.1) is 0 Å². The Morgan fingerprint density at radius 1 is 1.45 bits per heavy atom. The molecule has 5 nitrogen and oxygen atoms in total. The van der Waals surface area contributed by atoms with Crippen molar-refractivity contribution in [1.82, 2.24) is 5.32 Å². The molecule has 0 amide bonds. The summed E-state index contributed by atoms with van der Waals surface area (Å²) in [6, 6.07) is 1.85. The normalized spacial score (nSPS) is 24.7. The van der Waals surface area contributed by atoms with Crippen molar-refractivity contribution in [2.45, 2.75) is 19.4 Å². The average molecular weight is 298 g/mol. The number of carbonyl (C=O) groups is 1. The molecule has 0 bridgehead atoms. The zero-order valence-corrected chi connectivity index (χ0v) is 11.9. The molecule has 2 aliphatic heterocycles. The standard InChI is InChI=1S/C14H16ClNO4/c1-7-4-10-13(20-3-2-19-10)12(15)11(7)9-5-8(6-16-9)14(17)18/h4,8-9,16H,2-3,5-6H2,1H3,(H,17,18). The number of halogens is 1. The van der Waals surface area contributed by atoms with Crippen molar-refractivity contribution in [2.75, 3.05) is 19.8 Å². The maximum Gasteiger partial charge on any atom is 0.307 e. The van der Waals surface area contributed by atoms with Gasteiger partial charge in [0.2, 0.25) is 0 Å². The van der Waals surface area contributed by atoms with Crippen molar-refractivity contribution in [3.05, 3.63) is 22.2 Å². The first-order chi connectivity index (χ1) is 9.58. The van der Waals surface area contributed by atoms with Gasteiger partial charge in [-0.1, -0.05) is 11.6 Å². The minimum Gasteiger partial charge on any atom is -0.486 e. The maximum atomic E-state index is 11.1. The third-order valence-corrected chi connectivity index (χ3v) is 4.22. The largest absolute Gasteiger partial charge is 0.486 e. The molecule has 0 radical (unpaired) electrons. The number of aliphatic carboxylic acids is 1. The molecule has 1 fully saturated rings. The number of carboxylic acids is 1. The molecule has 0 aromatic heterocycles. The summed E-state index contributed by atoms with van der Waals surface area (Å²) in [5, 5.41) is 12.9. The molecular formula is C14H16ClNO4. The van der Waals surface area contributed by atoms with E-state index in [0.717, 1.165) is 11.1 Å². The van der Waals surface area contributed by atoms with Crippen molar-refractivity contribution in [3.8, 4) is 11.5 Å². The van der Waals surface area contributed by atoms with Crippen molar-refractivity contribution in [2.24, 2.45) is 5.92 Å². The van der Waals surface area contributed by atoms with Crippen LogP contribution in [0, 0.1) is 12.8 Å². The van der Waals surface area contributed by atoms with Crippen LogP contribution in [0.5, 0.6) is 11.5 Å². The SMILES string of the molecule is Cc1cc2c(c(Cl)c1C1CC(C(=O)O)CN1)OCCO2. The van der Waals surface area contributed by atoms with Crippen LogP contribution in [-0.4, -0.2) is 30.8 Å². The average Bonchev–Trinajstić information content (AvgIpc) is 2.88. The lowest BCUT2D eigenvalue weighted by Crippen LogP contribution is -2.19. The van der Waals surface area contributed by atoms with E-state index in [4.69, 9.17) is 26.2 Å². The first-order valence-electron chi connectivity index (χ1n) is 6.62. The molecular weight excluding hydrogens is 282 g/mol. The second-order valence-corrected chi connectivity index (χ2v) is 5.55. The van der Waals surface area contributed by atoms with Crippen LogP contribution in [0.2, 0.25) is 5.02 Å². The van der Waals surface area contributed by atoms with Crippen molar-refractivity contribution in [1.29, 1.82) is 0 Å². The van der Waals surface area contributed by atoms with Crippen LogP contribution in [0.1, 0.15) is 23.6 Å². The first kappa shape index (κ1) is 13.5. The molecule has 2 heterocycles. The first-order valence-corrected chi connectivity index (χ1v) is 7.00. The van der Waals surface area contributed by atoms with Gasteiger partial charge in [-0.3, -0.25) is 4.79 Å². The number of rotatable bonds is 2. The third kappa shape index (κ3) is 2.21. The fourth-order valence-electron chi connectivity index (χ4n) is 2.85. The summed E-state index contributed by atoms with van der Waals surface area (Å²) >= 11 is 6.45. The number of hydrogen-bond donors (Lipinski definition) is 2. The van der Waals surface area contributed by atoms with Crippen LogP contribution in [0.25, 0.3) is 0 Å². The van der Waals surface area contributed by atoms with Crippen LogP contribution in [0.4, 0.5) is 0 Å². The molecule has 2 N–H and O–H groups in total. The zero-order chi connectivity index (χ0) is 14.3. The lowest BCUT2D eigenvalue weighted by molar-refractivity contribution is -0.141. The second kappa shape index (κ2) is 5.14. The smallest absolute Gasteiger partial charge is 0.307 e. The summed E-state index contributed by atoms with van der Waals surface area (Å²) in [5.74, 6) is 0.0874. The molecule has 108 valence electrons. The molecule has 0 saturated carbocycles. The molecule has 6 heteroatoms. The lowest BCUT2D eigenvalue weighted by Gasteiger charge is -2.24. The Hall–Kier alpha value is -1.46. The maximum absolute atomic E-state index is 11.1. The van der Waals surface area contributed by atoms with E-state index >= 15 is 0 Å². The predicted molar refractivity (Wildman–Crippen MR) is 73.7 cm³/mol. The quantitative estimate of drug-likeness (QED) is 0.875. The highest BCUT2D eigenvalue weighted by Crippen LogP contribution is 2.45. The molecule has 20 heavy (non-hydrogen) atoms. The van der Waals surface area contributed by atoms with Crippen LogP contribution in [0.3, 0.4) is 0 Å². The van der Waals surface area contributed by atoms with E-state index in [1.165, 1.54) is 0 Å². The van der Waals surface area contributed by atoms with Crippen molar-refractivity contribution in [3.63, 3.8) is 0 Å². The molecule has 1 saturated heterocycles. The molecule has 0 spiro atoms. The Morgan fingerprint density at radius 3 is 2.90 bits per heavy atom. The van der Waals surface area contributed by atoms with Crippen LogP contribution >= 0.6 is 11.6 Å². The molecule has 2 atom stereocenters. The number of fused-ring (bicyclic) bond motifs is 1. The van der Waals surface area contributed by atoms with Gasteiger partial charge >= 0.3 is 5.97 Å².